The van der Waals surface area contributed by atoms with E-state index < -0.39 is 0 Å². The number of pyridine rings is 1. The van der Waals surface area contributed by atoms with E-state index in [-0.39, 0.29) is 0 Å². The van der Waals surface area contributed by atoms with Gasteiger partial charge in [0.25, 0.3) is 0 Å². The molecular formula is C18H22N2. The van der Waals surface area contributed by atoms with Crippen molar-refractivity contribution in [2.75, 3.05) is 11.9 Å². The first-order chi connectivity index (χ1) is 9.86. The van der Waals surface area contributed by atoms with E-state index in [9.17, 15) is 0 Å². The molecule has 1 aromatic heterocycles. The fourth-order valence-electron chi connectivity index (χ4n) is 2.86. The first kappa shape index (κ1) is 13.2. The molecule has 1 aromatic carbocycles. The van der Waals surface area contributed by atoms with Gasteiger partial charge in [0.1, 0.15) is 0 Å². The Morgan fingerprint density at radius 1 is 1.15 bits per heavy atom. The molecule has 1 aliphatic rings. The standard InChI is InChI=1S/C18H22N2/c1-2-14-8-10-17(20-13-14)11-9-16-6-3-5-15-7-4-12-19-18(15)16/h3,5-6,8,10,13,19H,2,4,7,9,11-12H2,1H3. The first-order valence-electron chi connectivity index (χ1n) is 7.65. The fraction of sp³-hybridized carbons (Fsp3) is 0.389. The van der Waals surface area contributed by atoms with Crippen molar-refractivity contribution in [3.8, 4) is 0 Å². The number of aryl methyl sites for hydroxylation is 4. The maximum Gasteiger partial charge on any atom is 0.0407 e. The minimum absolute atomic E-state index is 1.02. The highest BCUT2D eigenvalue weighted by molar-refractivity contribution is 5.59. The molecule has 0 spiro atoms. The van der Waals surface area contributed by atoms with Gasteiger partial charge in [-0.25, -0.2) is 0 Å². The molecule has 2 aromatic rings. The van der Waals surface area contributed by atoms with Crippen molar-refractivity contribution in [2.45, 2.75) is 39.0 Å². The molecule has 3 rings (SSSR count). The molecule has 2 heterocycles. The third-order valence-corrected chi connectivity index (χ3v) is 4.11. The third-order valence-electron chi connectivity index (χ3n) is 4.11. The lowest BCUT2D eigenvalue weighted by atomic mass is 9.96. The molecule has 0 radical (unpaired) electrons. The summed E-state index contributed by atoms with van der Waals surface area (Å²) < 4.78 is 0. The predicted octanol–water partition coefficient (Wildman–Crippen LogP) is 3.79. The number of anilines is 1. The van der Waals surface area contributed by atoms with Gasteiger partial charge in [-0.1, -0.05) is 31.2 Å². The molecule has 0 atom stereocenters. The number of fused-ring (bicyclic) bond motifs is 1. The molecule has 0 saturated carbocycles. The summed E-state index contributed by atoms with van der Waals surface area (Å²) in [5, 5.41) is 3.57. The zero-order valence-corrected chi connectivity index (χ0v) is 12.2. The zero-order chi connectivity index (χ0) is 13.8. The molecule has 0 saturated heterocycles. The van der Waals surface area contributed by atoms with Gasteiger partial charge >= 0.3 is 0 Å². The third kappa shape index (κ3) is 2.84. The van der Waals surface area contributed by atoms with E-state index in [1.807, 2.05) is 6.20 Å². The zero-order valence-electron chi connectivity index (χ0n) is 12.2. The van der Waals surface area contributed by atoms with Crippen molar-refractivity contribution in [1.29, 1.82) is 0 Å². The maximum atomic E-state index is 4.56. The molecule has 2 heteroatoms. The van der Waals surface area contributed by atoms with Crippen molar-refractivity contribution in [1.82, 2.24) is 4.98 Å². The second-order valence-corrected chi connectivity index (χ2v) is 5.49. The van der Waals surface area contributed by atoms with Gasteiger partial charge in [-0.3, -0.25) is 4.98 Å². The summed E-state index contributed by atoms with van der Waals surface area (Å²) in [7, 11) is 0. The van der Waals surface area contributed by atoms with Crippen LogP contribution in [-0.2, 0) is 25.7 Å². The van der Waals surface area contributed by atoms with Gasteiger partial charge in [0.2, 0.25) is 0 Å². The van der Waals surface area contributed by atoms with Crippen LogP contribution in [0.15, 0.2) is 36.5 Å². The van der Waals surface area contributed by atoms with Crippen LogP contribution in [0.4, 0.5) is 5.69 Å². The lowest BCUT2D eigenvalue weighted by molar-refractivity contribution is 0.817. The van der Waals surface area contributed by atoms with E-state index in [0.29, 0.717) is 0 Å². The number of hydrogen-bond donors (Lipinski definition) is 1. The predicted molar refractivity (Wildman–Crippen MR) is 84.3 cm³/mol. The highest BCUT2D eigenvalue weighted by atomic mass is 14.9. The number of hydrogen-bond acceptors (Lipinski definition) is 2. The number of nitrogens with one attached hydrogen (secondary N) is 1. The van der Waals surface area contributed by atoms with Crippen LogP contribution in [0, 0.1) is 0 Å². The summed E-state index contributed by atoms with van der Waals surface area (Å²) in [6.45, 7) is 3.27. The van der Waals surface area contributed by atoms with Crippen LogP contribution in [0.5, 0.6) is 0 Å². The van der Waals surface area contributed by atoms with E-state index in [4.69, 9.17) is 0 Å². The molecule has 0 bridgehead atoms. The minimum atomic E-state index is 1.02. The van der Waals surface area contributed by atoms with Crippen LogP contribution >= 0.6 is 0 Å². The lowest BCUT2D eigenvalue weighted by Gasteiger charge is -2.21. The van der Waals surface area contributed by atoms with Gasteiger partial charge in [0.05, 0.1) is 0 Å². The van der Waals surface area contributed by atoms with Crippen molar-refractivity contribution in [3.05, 3.63) is 58.9 Å². The molecule has 0 fully saturated rings. The summed E-state index contributed by atoms with van der Waals surface area (Å²) in [6.07, 6.45) is 7.60. The Kier molecular flexibility index (Phi) is 4.00. The van der Waals surface area contributed by atoms with Crippen molar-refractivity contribution in [2.24, 2.45) is 0 Å². The van der Waals surface area contributed by atoms with Gasteiger partial charge in [-0.15, -0.1) is 0 Å². The molecule has 1 N–H and O–H groups in total. The largest absolute Gasteiger partial charge is 0.385 e. The maximum absolute atomic E-state index is 4.56. The van der Waals surface area contributed by atoms with Gasteiger partial charge in [0, 0.05) is 24.1 Å². The van der Waals surface area contributed by atoms with E-state index in [1.54, 1.807) is 0 Å². The quantitative estimate of drug-likeness (QED) is 0.910. The van der Waals surface area contributed by atoms with Gasteiger partial charge in [-0.05, 0) is 54.9 Å². The average molecular weight is 266 g/mol. The summed E-state index contributed by atoms with van der Waals surface area (Å²) in [6, 6.07) is 11.0. The Bertz CT molecular complexity index is 572. The average Bonchev–Trinajstić information content (AvgIpc) is 2.53. The molecular weight excluding hydrogens is 244 g/mol. The van der Waals surface area contributed by atoms with E-state index >= 15 is 0 Å². The summed E-state index contributed by atoms with van der Waals surface area (Å²) in [4.78, 5) is 4.56. The molecule has 2 nitrogen and oxygen atoms in total. The smallest absolute Gasteiger partial charge is 0.0407 e. The van der Waals surface area contributed by atoms with Crippen molar-refractivity contribution < 1.29 is 0 Å². The summed E-state index contributed by atoms with van der Waals surface area (Å²) >= 11 is 0. The molecule has 20 heavy (non-hydrogen) atoms. The number of aromatic nitrogens is 1. The molecule has 0 amide bonds. The number of benzene rings is 1. The first-order valence-corrected chi connectivity index (χ1v) is 7.65. The number of rotatable bonds is 4. The highest BCUT2D eigenvalue weighted by Crippen LogP contribution is 2.26. The van der Waals surface area contributed by atoms with E-state index in [2.05, 4.69) is 47.6 Å². The molecule has 104 valence electrons. The Labute approximate surface area is 121 Å². The SMILES string of the molecule is CCc1ccc(CCc2cccc3c2NCCC3)nc1. The van der Waals surface area contributed by atoms with Crippen molar-refractivity contribution in [3.63, 3.8) is 0 Å². The second-order valence-electron chi connectivity index (χ2n) is 5.49. The Hall–Kier alpha value is -1.83. The Balaban J connectivity index is 1.71. The van der Waals surface area contributed by atoms with Crippen LogP contribution in [0.2, 0.25) is 0 Å². The normalized spacial score (nSPS) is 13.7. The van der Waals surface area contributed by atoms with Gasteiger partial charge < -0.3 is 5.32 Å². The topological polar surface area (TPSA) is 24.9 Å². The van der Waals surface area contributed by atoms with Crippen molar-refractivity contribution >= 4 is 5.69 Å². The summed E-state index contributed by atoms with van der Waals surface area (Å²) in [5.41, 5.74) is 6.79. The lowest BCUT2D eigenvalue weighted by Crippen LogP contribution is -2.14. The molecule has 0 unspecified atom stereocenters. The van der Waals surface area contributed by atoms with Crippen LogP contribution in [0.25, 0.3) is 0 Å². The second kappa shape index (κ2) is 6.08. The summed E-state index contributed by atoms with van der Waals surface area (Å²) in [5.74, 6) is 0. The Morgan fingerprint density at radius 3 is 2.90 bits per heavy atom. The van der Waals surface area contributed by atoms with Crippen LogP contribution < -0.4 is 5.32 Å². The number of nitrogens with zero attached hydrogens (tertiary/aromatic N) is 1. The Morgan fingerprint density at radius 2 is 2.10 bits per heavy atom. The van der Waals surface area contributed by atoms with E-state index in [0.717, 1.165) is 25.8 Å². The van der Waals surface area contributed by atoms with Gasteiger partial charge in [0.15, 0.2) is 0 Å². The molecule has 0 aliphatic carbocycles. The monoisotopic (exact) mass is 266 g/mol. The highest BCUT2D eigenvalue weighted by Gasteiger charge is 2.12. The number of para-hydroxylation sites is 1. The van der Waals surface area contributed by atoms with Gasteiger partial charge in [-0.2, -0.15) is 0 Å². The fourth-order valence-corrected chi connectivity index (χ4v) is 2.86. The molecule has 1 aliphatic heterocycles. The minimum Gasteiger partial charge on any atom is -0.385 e. The van der Waals surface area contributed by atoms with Crippen LogP contribution in [-0.4, -0.2) is 11.5 Å². The van der Waals surface area contributed by atoms with Crippen LogP contribution in [0.1, 0.15) is 35.7 Å². The van der Waals surface area contributed by atoms with Crippen LogP contribution in [0.3, 0.4) is 0 Å². The van der Waals surface area contributed by atoms with E-state index in [1.165, 1.54) is 40.9 Å².